The van der Waals surface area contributed by atoms with Crippen LogP contribution in [0.5, 0.6) is 0 Å². The van der Waals surface area contributed by atoms with Crippen molar-refractivity contribution in [3.05, 3.63) is 152 Å². The van der Waals surface area contributed by atoms with E-state index in [1.165, 1.54) is 0 Å². The number of fused-ring (bicyclic) bond motifs is 5. The molecule has 5 heterocycles. The smallest absolute Gasteiger partial charge is 0.0972 e. The molecule has 0 N–H and O–H groups in total. The van der Waals surface area contributed by atoms with Gasteiger partial charge in [-0.25, -0.2) is 15.0 Å². The lowest BCUT2D eigenvalue weighted by molar-refractivity contribution is 1.28. The molecule has 5 aromatic heterocycles. The van der Waals surface area contributed by atoms with Gasteiger partial charge in [-0.1, -0.05) is 78.9 Å². The van der Waals surface area contributed by atoms with E-state index in [9.17, 15) is 0 Å². The first-order valence-electron chi connectivity index (χ1n) is 15.2. The summed E-state index contributed by atoms with van der Waals surface area (Å²) in [6.45, 7) is 0. The summed E-state index contributed by atoms with van der Waals surface area (Å²) in [5, 5.41) is 4.37. The van der Waals surface area contributed by atoms with Crippen molar-refractivity contribution < 1.29 is 0 Å². The maximum atomic E-state index is 5.01. The molecule has 5 nitrogen and oxygen atoms in total. The standard InChI is InChI=1S/C41H25N5/c1-2-22-42-38(5-1)39-21-16-33-25-31(14-19-37(33)45-39)30-13-18-36-32(24-30)15-20-34(44-36)26-6-8-27(9-7-26)35-17-12-29-11-10-28-4-3-23-43-40(28)41(29)46-35/h1-25H. The molecule has 0 saturated heterocycles. The lowest BCUT2D eigenvalue weighted by atomic mass is 10.0. The van der Waals surface area contributed by atoms with Gasteiger partial charge in [0, 0.05) is 45.1 Å². The van der Waals surface area contributed by atoms with Crippen molar-refractivity contribution in [2.45, 2.75) is 0 Å². The van der Waals surface area contributed by atoms with Gasteiger partial charge in [-0.15, -0.1) is 0 Å². The molecule has 0 aliphatic carbocycles. The zero-order valence-electron chi connectivity index (χ0n) is 24.7. The molecule has 0 saturated carbocycles. The molecular weight excluding hydrogens is 562 g/mol. The Balaban J connectivity index is 0.993. The molecule has 0 aliphatic rings. The van der Waals surface area contributed by atoms with E-state index < -0.39 is 0 Å². The molecule has 46 heavy (non-hydrogen) atoms. The third-order valence-corrected chi connectivity index (χ3v) is 8.55. The third kappa shape index (κ3) is 4.62. The molecule has 0 amide bonds. The number of aromatic nitrogens is 5. The Hall–Kier alpha value is -6.33. The number of hydrogen-bond acceptors (Lipinski definition) is 5. The topological polar surface area (TPSA) is 64.5 Å². The summed E-state index contributed by atoms with van der Waals surface area (Å²) < 4.78 is 0. The SMILES string of the molecule is c1ccc(-c2ccc3cc(-c4ccc5nc(-c6ccc(-c7ccc8ccc9cccnc9c8n7)cc6)ccc5c4)ccc3n2)nc1. The number of pyridine rings is 5. The Morgan fingerprint density at radius 3 is 1.52 bits per heavy atom. The largest absolute Gasteiger partial charge is 0.255 e. The van der Waals surface area contributed by atoms with E-state index in [4.69, 9.17) is 15.0 Å². The normalized spacial score (nSPS) is 11.5. The number of benzene rings is 4. The van der Waals surface area contributed by atoms with Crippen LogP contribution >= 0.6 is 0 Å². The quantitative estimate of drug-likeness (QED) is 0.192. The van der Waals surface area contributed by atoms with Gasteiger partial charge in [-0.3, -0.25) is 9.97 Å². The van der Waals surface area contributed by atoms with E-state index in [-0.39, 0.29) is 0 Å². The third-order valence-electron chi connectivity index (χ3n) is 8.55. The van der Waals surface area contributed by atoms with Crippen LogP contribution in [0.1, 0.15) is 0 Å². The highest BCUT2D eigenvalue weighted by Gasteiger charge is 2.09. The van der Waals surface area contributed by atoms with Crippen molar-refractivity contribution >= 4 is 43.6 Å². The summed E-state index contributed by atoms with van der Waals surface area (Å²) in [4.78, 5) is 23.9. The Kier molecular flexibility index (Phi) is 6.06. The van der Waals surface area contributed by atoms with Gasteiger partial charge in [-0.05, 0) is 71.8 Å². The van der Waals surface area contributed by atoms with Crippen LogP contribution in [0.25, 0.3) is 88.6 Å². The Morgan fingerprint density at radius 1 is 0.304 bits per heavy atom. The number of nitrogens with zero attached hydrogens (tertiary/aromatic N) is 5. The first-order chi connectivity index (χ1) is 22.7. The maximum absolute atomic E-state index is 5.01. The predicted octanol–water partition coefficient (Wildman–Crippen LogP) is 9.94. The van der Waals surface area contributed by atoms with Crippen molar-refractivity contribution in [1.29, 1.82) is 0 Å². The van der Waals surface area contributed by atoms with Gasteiger partial charge >= 0.3 is 0 Å². The predicted molar refractivity (Wildman–Crippen MR) is 187 cm³/mol. The van der Waals surface area contributed by atoms with E-state index >= 15 is 0 Å². The lowest BCUT2D eigenvalue weighted by Crippen LogP contribution is -1.90. The van der Waals surface area contributed by atoms with Crippen molar-refractivity contribution in [2.24, 2.45) is 0 Å². The van der Waals surface area contributed by atoms with E-state index in [0.717, 1.165) is 88.6 Å². The van der Waals surface area contributed by atoms with Gasteiger partial charge in [0.2, 0.25) is 0 Å². The van der Waals surface area contributed by atoms with Crippen LogP contribution in [0, 0.1) is 0 Å². The highest BCUT2D eigenvalue weighted by Crippen LogP contribution is 2.31. The first kappa shape index (κ1) is 26.1. The molecule has 0 aliphatic heterocycles. The molecule has 0 unspecified atom stereocenters. The Bertz CT molecular complexity index is 2580. The second-order valence-electron chi connectivity index (χ2n) is 11.4. The fourth-order valence-corrected chi connectivity index (χ4v) is 6.12. The monoisotopic (exact) mass is 587 g/mol. The van der Waals surface area contributed by atoms with Crippen LogP contribution in [0.3, 0.4) is 0 Å². The molecule has 0 bridgehead atoms. The van der Waals surface area contributed by atoms with Gasteiger partial charge in [-0.2, -0.15) is 0 Å². The molecule has 0 fully saturated rings. The molecule has 4 aromatic carbocycles. The van der Waals surface area contributed by atoms with Crippen molar-refractivity contribution in [2.75, 3.05) is 0 Å². The molecule has 5 heteroatoms. The molecular formula is C41H25N5. The fourth-order valence-electron chi connectivity index (χ4n) is 6.12. The second-order valence-corrected chi connectivity index (χ2v) is 11.4. The van der Waals surface area contributed by atoms with Crippen LogP contribution in [0.15, 0.2) is 152 Å². The van der Waals surface area contributed by atoms with Gasteiger partial charge in [0.25, 0.3) is 0 Å². The van der Waals surface area contributed by atoms with Gasteiger partial charge in [0.05, 0.1) is 44.8 Å². The van der Waals surface area contributed by atoms with E-state index in [0.29, 0.717) is 0 Å². The maximum Gasteiger partial charge on any atom is 0.0972 e. The Labute approximate surface area is 264 Å². The molecule has 9 aromatic rings. The zero-order chi connectivity index (χ0) is 30.5. The second kappa shape index (κ2) is 10.7. The van der Waals surface area contributed by atoms with Crippen LogP contribution in [0.2, 0.25) is 0 Å². The zero-order valence-corrected chi connectivity index (χ0v) is 24.7. The first-order valence-corrected chi connectivity index (χ1v) is 15.2. The molecule has 0 spiro atoms. The summed E-state index contributed by atoms with van der Waals surface area (Å²) in [5.41, 5.74) is 11.8. The van der Waals surface area contributed by atoms with E-state index in [2.05, 4.69) is 119 Å². The summed E-state index contributed by atoms with van der Waals surface area (Å²) in [6.07, 6.45) is 3.62. The van der Waals surface area contributed by atoms with E-state index in [1.54, 1.807) is 6.20 Å². The number of rotatable bonds is 4. The van der Waals surface area contributed by atoms with Gasteiger partial charge < -0.3 is 0 Å². The summed E-state index contributed by atoms with van der Waals surface area (Å²) >= 11 is 0. The molecule has 0 radical (unpaired) electrons. The molecule has 0 atom stereocenters. The van der Waals surface area contributed by atoms with Crippen molar-refractivity contribution in [3.8, 4) is 45.0 Å². The van der Waals surface area contributed by atoms with Crippen molar-refractivity contribution in [3.63, 3.8) is 0 Å². The van der Waals surface area contributed by atoms with Crippen LogP contribution in [0.4, 0.5) is 0 Å². The minimum atomic E-state index is 0.874. The van der Waals surface area contributed by atoms with Crippen LogP contribution < -0.4 is 0 Å². The lowest BCUT2D eigenvalue weighted by Gasteiger charge is -2.09. The minimum Gasteiger partial charge on any atom is -0.255 e. The fraction of sp³-hybridized carbons (Fsp3) is 0. The summed E-state index contributed by atoms with van der Waals surface area (Å²) in [6, 6.07) is 48.0. The minimum absolute atomic E-state index is 0.874. The average Bonchev–Trinajstić information content (AvgIpc) is 3.14. The van der Waals surface area contributed by atoms with Crippen molar-refractivity contribution in [1.82, 2.24) is 24.9 Å². The van der Waals surface area contributed by atoms with Crippen LogP contribution in [-0.4, -0.2) is 24.9 Å². The van der Waals surface area contributed by atoms with Gasteiger partial charge in [0.15, 0.2) is 0 Å². The van der Waals surface area contributed by atoms with Crippen LogP contribution in [-0.2, 0) is 0 Å². The highest BCUT2D eigenvalue weighted by atomic mass is 14.8. The van der Waals surface area contributed by atoms with Gasteiger partial charge in [0.1, 0.15) is 0 Å². The molecule has 214 valence electrons. The molecule has 9 rings (SSSR count). The average molecular weight is 588 g/mol. The summed E-state index contributed by atoms with van der Waals surface area (Å²) in [7, 11) is 0. The number of hydrogen-bond donors (Lipinski definition) is 0. The Morgan fingerprint density at radius 2 is 0.848 bits per heavy atom. The highest BCUT2D eigenvalue weighted by molar-refractivity contribution is 6.03. The van der Waals surface area contributed by atoms with E-state index in [1.807, 2.05) is 36.5 Å². The summed E-state index contributed by atoms with van der Waals surface area (Å²) in [5.74, 6) is 0.